The van der Waals surface area contributed by atoms with Gasteiger partial charge in [0.1, 0.15) is 0 Å². The molecule has 0 atom stereocenters. The average molecular weight is 182 g/mol. The van der Waals surface area contributed by atoms with E-state index >= 15 is 0 Å². The minimum atomic E-state index is -0.0433. The lowest BCUT2D eigenvalue weighted by molar-refractivity contribution is -0.130. The SMILES string of the molecule is CC(=O)N1CCc2c(O)noc2C1. The maximum Gasteiger partial charge on any atom is 0.255 e. The zero-order chi connectivity index (χ0) is 9.42. The lowest BCUT2D eigenvalue weighted by atomic mass is 10.1. The van der Waals surface area contributed by atoms with Gasteiger partial charge < -0.3 is 14.5 Å². The fourth-order valence-electron chi connectivity index (χ4n) is 1.48. The smallest absolute Gasteiger partial charge is 0.255 e. The van der Waals surface area contributed by atoms with E-state index in [0.29, 0.717) is 25.3 Å². The van der Waals surface area contributed by atoms with Crippen LogP contribution in [-0.2, 0) is 17.8 Å². The maximum absolute atomic E-state index is 11.0. The van der Waals surface area contributed by atoms with Crippen LogP contribution in [0.3, 0.4) is 0 Å². The first-order valence-corrected chi connectivity index (χ1v) is 4.10. The maximum atomic E-state index is 11.0. The zero-order valence-corrected chi connectivity index (χ0v) is 7.28. The van der Waals surface area contributed by atoms with E-state index in [1.54, 1.807) is 4.90 Å². The van der Waals surface area contributed by atoms with E-state index in [2.05, 4.69) is 5.16 Å². The van der Waals surface area contributed by atoms with E-state index in [-0.39, 0.29) is 11.8 Å². The summed E-state index contributed by atoms with van der Waals surface area (Å²) in [5.41, 5.74) is 0.734. The average Bonchev–Trinajstić information content (AvgIpc) is 2.47. The molecule has 5 nitrogen and oxygen atoms in total. The van der Waals surface area contributed by atoms with Gasteiger partial charge in [0.2, 0.25) is 5.91 Å². The largest absolute Gasteiger partial charge is 0.491 e. The Bertz CT molecular complexity index is 345. The predicted octanol–water partition coefficient (Wildman–Crippen LogP) is 0.285. The number of hydrogen-bond acceptors (Lipinski definition) is 4. The number of fused-ring (bicyclic) bond motifs is 1. The van der Waals surface area contributed by atoms with E-state index in [1.807, 2.05) is 0 Å². The van der Waals surface area contributed by atoms with Crippen LogP contribution in [-0.4, -0.2) is 27.6 Å². The molecule has 70 valence electrons. The van der Waals surface area contributed by atoms with E-state index in [9.17, 15) is 9.90 Å². The Morgan fingerprint density at radius 3 is 3.15 bits per heavy atom. The van der Waals surface area contributed by atoms with Crippen LogP contribution in [0.1, 0.15) is 18.2 Å². The summed E-state index contributed by atoms with van der Waals surface area (Å²) < 4.78 is 4.87. The number of hydrogen-bond donors (Lipinski definition) is 1. The van der Waals surface area contributed by atoms with Gasteiger partial charge in [-0.3, -0.25) is 4.79 Å². The third-order valence-corrected chi connectivity index (χ3v) is 2.26. The number of aromatic hydroxyl groups is 1. The number of amides is 1. The van der Waals surface area contributed by atoms with Gasteiger partial charge in [-0.15, -0.1) is 0 Å². The third-order valence-electron chi connectivity index (χ3n) is 2.26. The summed E-state index contributed by atoms with van der Waals surface area (Å²) in [7, 11) is 0. The number of carbonyl (C=O) groups is 1. The number of carbonyl (C=O) groups excluding carboxylic acids is 1. The van der Waals surface area contributed by atoms with Crippen molar-refractivity contribution in [1.82, 2.24) is 10.1 Å². The highest BCUT2D eigenvalue weighted by Gasteiger charge is 2.24. The van der Waals surface area contributed by atoms with Gasteiger partial charge in [-0.2, -0.15) is 0 Å². The molecule has 0 bridgehead atoms. The standard InChI is InChI=1S/C8H10N2O3/c1-5(11)10-3-2-6-7(4-10)13-9-8(6)12/h2-4H2,1H3,(H,9,12). The van der Waals surface area contributed by atoms with Crippen LogP contribution in [0.2, 0.25) is 0 Å². The van der Waals surface area contributed by atoms with Gasteiger partial charge in [-0.05, 0) is 11.6 Å². The first-order chi connectivity index (χ1) is 6.18. The molecule has 1 N–H and O–H groups in total. The van der Waals surface area contributed by atoms with Gasteiger partial charge in [0, 0.05) is 13.5 Å². The molecule has 0 spiro atoms. The lowest BCUT2D eigenvalue weighted by Crippen LogP contribution is -2.33. The van der Waals surface area contributed by atoms with Crippen LogP contribution < -0.4 is 0 Å². The Morgan fingerprint density at radius 2 is 2.46 bits per heavy atom. The molecule has 1 amide bonds. The molecule has 0 saturated heterocycles. The molecule has 1 aromatic heterocycles. The summed E-state index contributed by atoms with van der Waals surface area (Å²) in [6, 6.07) is 0. The first-order valence-electron chi connectivity index (χ1n) is 4.10. The van der Waals surface area contributed by atoms with Gasteiger partial charge in [0.05, 0.1) is 12.1 Å². The first kappa shape index (κ1) is 8.10. The molecule has 0 fully saturated rings. The second-order valence-corrected chi connectivity index (χ2v) is 3.10. The van der Waals surface area contributed by atoms with Crippen molar-refractivity contribution >= 4 is 5.91 Å². The minimum absolute atomic E-state index is 0.0153. The summed E-state index contributed by atoms with van der Waals surface area (Å²) in [6.07, 6.45) is 0.615. The third kappa shape index (κ3) is 1.26. The summed E-state index contributed by atoms with van der Waals surface area (Å²) in [5.74, 6) is 0.568. The molecular formula is C8H10N2O3. The van der Waals surface area contributed by atoms with Crippen LogP contribution in [0.25, 0.3) is 0 Å². The summed E-state index contributed by atoms with van der Waals surface area (Å²) in [5, 5.41) is 12.6. The number of rotatable bonds is 0. The number of nitrogens with zero attached hydrogens (tertiary/aromatic N) is 2. The van der Waals surface area contributed by atoms with Crippen molar-refractivity contribution < 1.29 is 14.4 Å². The van der Waals surface area contributed by atoms with Crippen molar-refractivity contribution in [1.29, 1.82) is 0 Å². The summed E-state index contributed by atoms with van der Waals surface area (Å²) >= 11 is 0. The van der Waals surface area contributed by atoms with Crippen LogP contribution >= 0.6 is 0 Å². The lowest BCUT2D eigenvalue weighted by Gasteiger charge is -2.23. The zero-order valence-electron chi connectivity index (χ0n) is 7.28. The molecule has 1 aliphatic rings. The second-order valence-electron chi connectivity index (χ2n) is 3.10. The van der Waals surface area contributed by atoms with Crippen molar-refractivity contribution in [2.24, 2.45) is 0 Å². The molecule has 0 saturated carbocycles. The van der Waals surface area contributed by atoms with E-state index in [0.717, 1.165) is 5.56 Å². The van der Waals surface area contributed by atoms with Crippen LogP contribution in [0.15, 0.2) is 4.52 Å². The van der Waals surface area contributed by atoms with Crippen LogP contribution in [0, 0.1) is 0 Å². The minimum Gasteiger partial charge on any atom is -0.491 e. The van der Waals surface area contributed by atoms with Crippen molar-refractivity contribution in [3.8, 4) is 5.88 Å². The Balaban J connectivity index is 2.25. The normalized spacial score (nSPS) is 15.6. The summed E-state index contributed by atoms with van der Waals surface area (Å²) in [4.78, 5) is 12.7. The van der Waals surface area contributed by atoms with Gasteiger partial charge in [0.25, 0.3) is 5.88 Å². The van der Waals surface area contributed by atoms with E-state index in [1.165, 1.54) is 6.92 Å². The highest BCUT2D eigenvalue weighted by molar-refractivity contribution is 5.73. The van der Waals surface area contributed by atoms with Crippen LogP contribution in [0.5, 0.6) is 5.88 Å². The molecular weight excluding hydrogens is 172 g/mol. The molecule has 0 aromatic carbocycles. The van der Waals surface area contributed by atoms with Gasteiger partial charge in [-0.25, -0.2) is 0 Å². The highest BCUT2D eigenvalue weighted by Crippen LogP contribution is 2.25. The molecule has 13 heavy (non-hydrogen) atoms. The predicted molar refractivity (Wildman–Crippen MR) is 43.0 cm³/mol. The topological polar surface area (TPSA) is 66.6 Å². The monoisotopic (exact) mass is 182 g/mol. The Labute approximate surface area is 74.9 Å². The van der Waals surface area contributed by atoms with E-state index in [4.69, 9.17) is 4.52 Å². The van der Waals surface area contributed by atoms with Crippen molar-refractivity contribution in [3.63, 3.8) is 0 Å². The Morgan fingerprint density at radius 1 is 1.69 bits per heavy atom. The van der Waals surface area contributed by atoms with Gasteiger partial charge in [0.15, 0.2) is 5.76 Å². The molecule has 5 heteroatoms. The molecule has 2 heterocycles. The number of aromatic nitrogens is 1. The van der Waals surface area contributed by atoms with Gasteiger partial charge in [-0.1, -0.05) is 0 Å². The molecule has 1 aliphatic heterocycles. The molecule has 1 aromatic rings. The Kier molecular flexibility index (Phi) is 1.72. The van der Waals surface area contributed by atoms with Gasteiger partial charge >= 0.3 is 0 Å². The molecule has 0 aliphatic carbocycles. The van der Waals surface area contributed by atoms with E-state index < -0.39 is 0 Å². The van der Waals surface area contributed by atoms with Crippen molar-refractivity contribution in [3.05, 3.63) is 11.3 Å². The fourth-order valence-corrected chi connectivity index (χ4v) is 1.48. The molecule has 2 rings (SSSR count). The highest BCUT2D eigenvalue weighted by atomic mass is 16.5. The van der Waals surface area contributed by atoms with Crippen molar-refractivity contribution in [2.75, 3.05) is 6.54 Å². The van der Waals surface area contributed by atoms with Crippen LogP contribution in [0.4, 0.5) is 0 Å². The molecule has 0 unspecified atom stereocenters. The Hall–Kier alpha value is -1.52. The second kappa shape index (κ2) is 2.76. The quantitative estimate of drug-likeness (QED) is 0.626. The fraction of sp³-hybridized carbons (Fsp3) is 0.500. The molecule has 0 radical (unpaired) electrons. The summed E-state index contributed by atoms with van der Waals surface area (Å²) in [6.45, 7) is 2.55. The van der Waals surface area contributed by atoms with Crippen molar-refractivity contribution in [2.45, 2.75) is 19.9 Å².